The maximum Gasteiger partial charge on any atom is 0.697 e. The van der Waals surface area contributed by atoms with Crippen molar-refractivity contribution in [1.82, 2.24) is 0 Å². The topological polar surface area (TPSA) is 52.6 Å². The summed E-state index contributed by atoms with van der Waals surface area (Å²) in [5.74, 6) is 0.464. The smallest absolute Gasteiger partial charge is 0.300 e. The molecule has 0 aromatic carbocycles. The molecule has 1 aliphatic rings. The van der Waals surface area contributed by atoms with Gasteiger partial charge in [-0.2, -0.15) is 0 Å². The molecule has 0 radical (unpaired) electrons. The lowest BCUT2D eigenvalue weighted by molar-refractivity contribution is -0.120. The van der Waals surface area contributed by atoms with Crippen molar-refractivity contribution in [3.05, 3.63) is 0 Å². The number of carbonyl (C=O) groups excluding carboxylic acids is 1. The molecule has 88 valence electrons. The fraction of sp³-hybridized carbons (Fsp3) is 0.900. The summed E-state index contributed by atoms with van der Waals surface area (Å²) in [6, 6.07) is 0. The highest BCUT2D eigenvalue weighted by atomic mass is 31.1. The van der Waals surface area contributed by atoms with Crippen molar-refractivity contribution in [2.75, 3.05) is 13.2 Å². The molecule has 1 fully saturated rings. The molecule has 0 N–H and O–H groups in total. The van der Waals surface area contributed by atoms with Gasteiger partial charge >= 0.3 is 8.25 Å². The summed E-state index contributed by atoms with van der Waals surface area (Å²) in [5.41, 5.74) is 0. The van der Waals surface area contributed by atoms with Crippen molar-refractivity contribution in [1.29, 1.82) is 0 Å². The van der Waals surface area contributed by atoms with Crippen LogP contribution in [0.2, 0.25) is 0 Å². The van der Waals surface area contributed by atoms with Crippen molar-refractivity contribution in [2.45, 2.75) is 46.0 Å². The molecule has 0 aliphatic heterocycles. The Morgan fingerprint density at radius 1 is 1.07 bits per heavy atom. The van der Waals surface area contributed by atoms with Gasteiger partial charge in [-0.1, -0.05) is 6.42 Å². The van der Waals surface area contributed by atoms with E-state index in [1.807, 2.05) is 0 Å². The minimum absolute atomic E-state index is 0.440. The summed E-state index contributed by atoms with van der Waals surface area (Å²) in [6.45, 7) is 4.42. The van der Waals surface area contributed by atoms with Crippen molar-refractivity contribution >= 4 is 14.0 Å². The van der Waals surface area contributed by atoms with Gasteiger partial charge in [-0.25, -0.2) is 0 Å². The van der Waals surface area contributed by atoms with Crippen LogP contribution in [0.1, 0.15) is 46.0 Å². The Labute approximate surface area is 92.3 Å². The van der Waals surface area contributed by atoms with Crippen LogP contribution in [0.5, 0.6) is 0 Å². The first-order chi connectivity index (χ1) is 7.20. The van der Waals surface area contributed by atoms with Crippen LogP contribution in [0, 0.1) is 0 Å². The fourth-order valence-electron chi connectivity index (χ4n) is 1.19. The SMILES string of the molecule is CCO[P+](=O)OCC.O=C1CCCCC1. The Hall–Kier alpha value is -0.310. The quantitative estimate of drug-likeness (QED) is 0.702. The lowest BCUT2D eigenvalue weighted by Crippen LogP contribution is -2.02. The minimum atomic E-state index is -1.83. The molecule has 4 nitrogen and oxygen atoms in total. The van der Waals surface area contributed by atoms with Crippen molar-refractivity contribution in [3.63, 3.8) is 0 Å². The van der Waals surface area contributed by atoms with Crippen LogP contribution in [-0.4, -0.2) is 19.0 Å². The molecular weight excluding hydrogens is 215 g/mol. The van der Waals surface area contributed by atoms with E-state index in [1.165, 1.54) is 6.42 Å². The first-order valence-electron chi connectivity index (χ1n) is 5.45. The van der Waals surface area contributed by atoms with Gasteiger partial charge in [-0.3, -0.25) is 4.79 Å². The van der Waals surface area contributed by atoms with Crippen LogP contribution >= 0.6 is 8.25 Å². The zero-order chi connectivity index (χ0) is 11.5. The largest absolute Gasteiger partial charge is 0.697 e. The van der Waals surface area contributed by atoms with E-state index in [2.05, 4.69) is 9.05 Å². The fourth-order valence-corrected chi connectivity index (χ4v) is 1.69. The molecule has 15 heavy (non-hydrogen) atoms. The molecule has 0 heterocycles. The molecule has 0 bridgehead atoms. The first kappa shape index (κ1) is 14.7. The second kappa shape index (κ2) is 10.2. The molecule has 1 rings (SSSR count). The standard InChI is InChI=1S/C6H10O.C4H10O3P/c7-6-4-2-1-3-5-6;1-3-6-8(5)7-4-2/h1-5H2;3-4H2,1-2H3/q;+1. The number of ketones is 1. The zero-order valence-electron chi connectivity index (χ0n) is 9.53. The molecule has 0 amide bonds. The molecule has 0 atom stereocenters. The van der Waals surface area contributed by atoms with Crippen molar-refractivity contribution in [3.8, 4) is 0 Å². The van der Waals surface area contributed by atoms with E-state index >= 15 is 0 Å². The average molecular weight is 235 g/mol. The predicted octanol–water partition coefficient (Wildman–Crippen LogP) is 3.24. The lowest BCUT2D eigenvalue weighted by atomic mass is 10.00. The van der Waals surface area contributed by atoms with Crippen LogP contribution in [0.3, 0.4) is 0 Å². The minimum Gasteiger partial charge on any atom is -0.300 e. The summed E-state index contributed by atoms with van der Waals surface area (Å²) in [4.78, 5) is 10.5. The van der Waals surface area contributed by atoms with E-state index in [0.29, 0.717) is 19.0 Å². The van der Waals surface area contributed by atoms with Gasteiger partial charge in [-0.15, -0.1) is 9.05 Å². The molecule has 0 aromatic heterocycles. The Morgan fingerprint density at radius 2 is 1.53 bits per heavy atom. The van der Waals surface area contributed by atoms with Crippen LogP contribution in [0.25, 0.3) is 0 Å². The molecular formula is C10H20O4P+. The van der Waals surface area contributed by atoms with Crippen LogP contribution < -0.4 is 0 Å². The van der Waals surface area contributed by atoms with Gasteiger partial charge in [-0.05, 0) is 26.7 Å². The molecule has 0 spiro atoms. The van der Waals surface area contributed by atoms with Gasteiger partial charge in [0.05, 0.1) is 0 Å². The Morgan fingerprint density at radius 3 is 1.80 bits per heavy atom. The normalized spacial score (nSPS) is 15.5. The molecule has 0 aromatic rings. The molecule has 0 unspecified atom stereocenters. The van der Waals surface area contributed by atoms with E-state index < -0.39 is 8.25 Å². The second-order valence-corrected chi connectivity index (χ2v) is 4.12. The third-order valence-electron chi connectivity index (χ3n) is 1.88. The molecule has 0 saturated heterocycles. The van der Waals surface area contributed by atoms with Gasteiger partial charge in [0.2, 0.25) is 0 Å². The van der Waals surface area contributed by atoms with Gasteiger partial charge < -0.3 is 0 Å². The Kier molecular flexibility index (Phi) is 10.0. The van der Waals surface area contributed by atoms with Crippen LogP contribution in [-0.2, 0) is 18.4 Å². The number of rotatable bonds is 4. The van der Waals surface area contributed by atoms with E-state index in [-0.39, 0.29) is 0 Å². The highest BCUT2D eigenvalue weighted by molar-refractivity contribution is 7.33. The number of Topliss-reactive ketones (excluding diaryl/α,β-unsaturated/α-hetero) is 1. The molecule has 5 heteroatoms. The van der Waals surface area contributed by atoms with E-state index in [0.717, 1.165) is 25.7 Å². The maximum absolute atomic E-state index is 10.5. The summed E-state index contributed by atoms with van der Waals surface area (Å²) in [5, 5.41) is 0. The third kappa shape index (κ3) is 9.98. The van der Waals surface area contributed by atoms with Gasteiger partial charge in [0, 0.05) is 17.4 Å². The zero-order valence-corrected chi connectivity index (χ0v) is 10.4. The summed E-state index contributed by atoms with van der Waals surface area (Å²) in [6.07, 6.45) is 5.24. The van der Waals surface area contributed by atoms with Crippen molar-refractivity contribution in [2.24, 2.45) is 0 Å². The van der Waals surface area contributed by atoms with Gasteiger partial charge in [0.1, 0.15) is 19.0 Å². The van der Waals surface area contributed by atoms with Crippen LogP contribution in [0.4, 0.5) is 0 Å². The monoisotopic (exact) mass is 235 g/mol. The van der Waals surface area contributed by atoms with Crippen LogP contribution in [0.15, 0.2) is 0 Å². The summed E-state index contributed by atoms with van der Waals surface area (Å²) >= 11 is 0. The first-order valence-corrected chi connectivity index (χ1v) is 6.55. The highest BCUT2D eigenvalue weighted by Gasteiger charge is 2.15. The number of hydrogen-bond donors (Lipinski definition) is 0. The molecule has 1 saturated carbocycles. The van der Waals surface area contributed by atoms with E-state index in [4.69, 9.17) is 0 Å². The van der Waals surface area contributed by atoms with Gasteiger partial charge in [0.25, 0.3) is 0 Å². The van der Waals surface area contributed by atoms with E-state index in [1.54, 1.807) is 13.8 Å². The number of carbonyl (C=O) groups is 1. The molecule has 1 aliphatic carbocycles. The Bertz CT molecular complexity index is 178. The maximum atomic E-state index is 10.5. The Balaban J connectivity index is 0.000000262. The second-order valence-electron chi connectivity index (χ2n) is 3.16. The number of hydrogen-bond acceptors (Lipinski definition) is 4. The van der Waals surface area contributed by atoms with E-state index in [9.17, 15) is 9.36 Å². The highest BCUT2D eigenvalue weighted by Crippen LogP contribution is 2.21. The summed E-state index contributed by atoms with van der Waals surface area (Å²) in [7, 11) is -1.83. The predicted molar refractivity (Wildman–Crippen MR) is 59.0 cm³/mol. The van der Waals surface area contributed by atoms with Crippen molar-refractivity contribution < 1.29 is 18.4 Å². The average Bonchev–Trinajstić information content (AvgIpc) is 2.20. The third-order valence-corrected chi connectivity index (χ3v) is 2.82. The summed E-state index contributed by atoms with van der Waals surface area (Å²) < 4.78 is 19.5. The van der Waals surface area contributed by atoms with Gasteiger partial charge in [0.15, 0.2) is 0 Å². The lowest BCUT2D eigenvalue weighted by Gasteiger charge is -2.05.